The van der Waals surface area contributed by atoms with E-state index in [1.165, 1.54) is 0 Å². The van der Waals surface area contributed by atoms with Crippen LogP contribution in [0.25, 0.3) is 0 Å². The third-order valence-corrected chi connectivity index (χ3v) is 2.60. The number of halogens is 1. The molecular weight excluding hydrogens is 232 g/mol. The SMILES string of the molecule is C[B]c1ccc(NC(=O)CC(C)(C)C)c(Cl)c1. The second-order valence-electron chi connectivity index (χ2n) is 5.31. The average Bonchev–Trinajstić information content (AvgIpc) is 2.18. The van der Waals surface area contributed by atoms with Crippen LogP contribution in [0.1, 0.15) is 27.2 Å². The minimum Gasteiger partial charge on any atom is -0.325 e. The number of amides is 1. The Bertz CT molecular complexity index is 412. The van der Waals surface area contributed by atoms with Crippen LogP contribution >= 0.6 is 11.6 Å². The Morgan fingerprint density at radius 1 is 1.41 bits per heavy atom. The van der Waals surface area contributed by atoms with Gasteiger partial charge in [0.05, 0.1) is 10.7 Å². The second-order valence-corrected chi connectivity index (χ2v) is 5.72. The highest BCUT2D eigenvalue weighted by atomic mass is 35.5. The maximum atomic E-state index is 11.8. The topological polar surface area (TPSA) is 29.1 Å². The number of hydrogen-bond acceptors (Lipinski definition) is 1. The van der Waals surface area contributed by atoms with Crippen LogP contribution in [0.5, 0.6) is 0 Å². The normalized spacial score (nSPS) is 11.1. The van der Waals surface area contributed by atoms with Crippen molar-refractivity contribution in [2.24, 2.45) is 5.41 Å². The van der Waals surface area contributed by atoms with Crippen molar-refractivity contribution in [3.05, 3.63) is 23.2 Å². The van der Waals surface area contributed by atoms with Crippen molar-refractivity contribution in [1.29, 1.82) is 0 Å². The Hall–Kier alpha value is -0.955. The minimum atomic E-state index is -0.0201. The van der Waals surface area contributed by atoms with Crippen LogP contribution in [0.4, 0.5) is 5.69 Å². The van der Waals surface area contributed by atoms with Gasteiger partial charge in [-0.15, -0.1) is 0 Å². The van der Waals surface area contributed by atoms with Crippen LogP contribution in [0, 0.1) is 5.41 Å². The average molecular weight is 251 g/mol. The molecule has 1 radical (unpaired) electrons. The highest BCUT2D eigenvalue weighted by Gasteiger charge is 2.16. The quantitative estimate of drug-likeness (QED) is 0.821. The fraction of sp³-hybridized carbons (Fsp3) is 0.462. The summed E-state index contributed by atoms with van der Waals surface area (Å²) in [4.78, 5) is 11.8. The van der Waals surface area contributed by atoms with Gasteiger partial charge in [0.1, 0.15) is 7.28 Å². The van der Waals surface area contributed by atoms with Gasteiger partial charge in [0.15, 0.2) is 0 Å². The van der Waals surface area contributed by atoms with Crippen LogP contribution in [0.3, 0.4) is 0 Å². The Labute approximate surface area is 109 Å². The van der Waals surface area contributed by atoms with Gasteiger partial charge in [-0.2, -0.15) is 0 Å². The van der Waals surface area contributed by atoms with Crippen molar-refractivity contribution in [1.82, 2.24) is 0 Å². The molecule has 0 aliphatic carbocycles. The van der Waals surface area contributed by atoms with Gasteiger partial charge in [0, 0.05) is 6.42 Å². The van der Waals surface area contributed by atoms with Crippen molar-refractivity contribution in [2.75, 3.05) is 5.32 Å². The van der Waals surface area contributed by atoms with Crippen LogP contribution in [0.2, 0.25) is 11.8 Å². The molecule has 0 aromatic heterocycles. The largest absolute Gasteiger partial charge is 0.325 e. The number of rotatable bonds is 3. The zero-order valence-corrected chi connectivity index (χ0v) is 11.6. The Balaban J connectivity index is 2.72. The molecule has 1 N–H and O–H groups in total. The van der Waals surface area contributed by atoms with Crippen LogP contribution in [-0.2, 0) is 4.79 Å². The van der Waals surface area contributed by atoms with Crippen molar-refractivity contribution >= 4 is 35.9 Å². The fourth-order valence-electron chi connectivity index (χ4n) is 1.49. The molecule has 91 valence electrons. The van der Waals surface area contributed by atoms with E-state index >= 15 is 0 Å². The summed E-state index contributed by atoms with van der Waals surface area (Å²) in [6.07, 6.45) is 0.477. The predicted octanol–water partition coefficient (Wildman–Crippen LogP) is 3.09. The molecule has 0 bridgehead atoms. The molecule has 0 spiro atoms. The monoisotopic (exact) mass is 250 g/mol. The van der Waals surface area contributed by atoms with E-state index in [1.807, 2.05) is 53.1 Å². The smallest absolute Gasteiger partial charge is 0.224 e. The van der Waals surface area contributed by atoms with E-state index in [-0.39, 0.29) is 11.3 Å². The molecule has 1 aromatic rings. The molecule has 0 aliphatic rings. The summed E-state index contributed by atoms with van der Waals surface area (Å²) >= 11 is 6.09. The molecule has 0 heterocycles. The van der Waals surface area contributed by atoms with Gasteiger partial charge in [0.25, 0.3) is 0 Å². The first-order chi connectivity index (χ1) is 7.81. The summed E-state index contributed by atoms with van der Waals surface area (Å²) in [6.45, 7) is 8.04. The molecule has 1 aromatic carbocycles. The predicted molar refractivity (Wildman–Crippen MR) is 75.4 cm³/mol. The maximum absolute atomic E-state index is 11.8. The lowest BCUT2D eigenvalue weighted by molar-refractivity contribution is -0.117. The van der Waals surface area contributed by atoms with E-state index in [0.717, 1.165) is 5.46 Å². The molecule has 0 saturated carbocycles. The second kappa shape index (κ2) is 5.59. The molecule has 0 unspecified atom stereocenters. The third-order valence-electron chi connectivity index (χ3n) is 2.29. The first-order valence-corrected chi connectivity index (χ1v) is 6.08. The number of anilines is 1. The standard InChI is InChI=1S/C13H18BClNO/c1-13(2,3)8-12(17)16-11-6-5-9(14-4)7-10(11)15/h5-7H,8H2,1-4H3,(H,16,17). The number of nitrogens with one attached hydrogen (secondary N) is 1. The first kappa shape index (κ1) is 14.1. The molecule has 1 amide bonds. The summed E-state index contributed by atoms with van der Waals surface area (Å²) in [5, 5.41) is 3.41. The molecule has 4 heteroatoms. The van der Waals surface area contributed by atoms with Crippen molar-refractivity contribution in [2.45, 2.75) is 34.0 Å². The molecule has 1 rings (SSSR count). The summed E-state index contributed by atoms with van der Waals surface area (Å²) in [6, 6.07) is 5.60. The molecule has 17 heavy (non-hydrogen) atoms. The summed E-state index contributed by atoms with van der Waals surface area (Å²) in [5.74, 6) is -0.00683. The molecular formula is C13H18BClNO. The van der Waals surface area contributed by atoms with Crippen LogP contribution in [0.15, 0.2) is 18.2 Å². The van der Waals surface area contributed by atoms with Gasteiger partial charge >= 0.3 is 0 Å². The number of benzene rings is 1. The number of carbonyl (C=O) groups is 1. The fourth-order valence-corrected chi connectivity index (χ4v) is 1.72. The third kappa shape index (κ3) is 4.82. The number of hydrogen-bond donors (Lipinski definition) is 1. The molecule has 0 atom stereocenters. The van der Waals surface area contributed by atoms with E-state index in [2.05, 4.69) is 5.32 Å². The lowest BCUT2D eigenvalue weighted by Gasteiger charge is -2.17. The van der Waals surface area contributed by atoms with Crippen molar-refractivity contribution in [3.8, 4) is 0 Å². The zero-order chi connectivity index (χ0) is 13.1. The minimum absolute atomic E-state index is 0.00683. The molecule has 0 aliphatic heterocycles. The summed E-state index contributed by atoms with van der Waals surface area (Å²) < 4.78 is 0. The van der Waals surface area contributed by atoms with E-state index in [0.29, 0.717) is 17.1 Å². The van der Waals surface area contributed by atoms with Crippen molar-refractivity contribution in [3.63, 3.8) is 0 Å². The highest BCUT2D eigenvalue weighted by Crippen LogP contribution is 2.23. The zero-order valence-electron chi connectivity index (χ0n) is 10.8. The number of carbonyl (C=O) groups excluding carboxylic acids is 1. The Morgan fingerprint density at radius 2 is 2.06 bits per heavy atom. The Kier molecular flexibility index (Phi) is 4.64. The van der Waals surface area contributed by atoms with E-state index < -0.39 is 0 Å². The Morgan fingerprint density at radius 3 is 2.53 bits per heavy atom. The van der Waals surface area contributed by atoms with E-state index in [1.54, 1.807) is 0 Å². The lowest BCUT2D eigenvalue weighted by atomic mass is 9.73. The maximum Gasteiger partial charge on any atom is 0.224 e. The van der Waals surface area contributed by atoms with Gasteiger partial charge in [-0.05, 0) is 17.5 Å². The lowest BCUT2D eigenvalue weighted by Crippen LogP contribution is -2.20. The summed E-state index contributed by atoms with van der Waals surface area (Å²) in [7, 11) is 1.96. The van der Waals surface area contributed by atoms with E-state index in [4.69, 9.17) is 11.6 Å². The first-order valence-electron chi connectivity index (χ1n) is 5.70. The van der Waals surface area contributed by atoms with Crippen molar-refractivity contribution < 1.29 is 4.79 Å². The van der Waals surface area contributed by atoms with Crippen LogP contribution < -0.4 is 10.8 Å². The highest BCUT2D eigenvalue weighted by molar-refractivity contribution is 6.52. The van der Waals surface area contributed by atoms with Crippen LogP contribution in [-0.4, -0.2) is 13.2 Å². The molecule has 0 fully saturated rings. The van der Waals surface area contributed by atoms with E-state index in [9.17, 15) is 4.79 Å². The van der Waals surface area contributed by atoms with Gasteiger partial charge in [-0.3, -0.25) is 4.79 Å². The molecule has 0 saturated heterocycles. The van der Waals surface area contributed by atoms with Gasteiger partial charge < -0.3 is 5.32 Å². The van der Waals surface area contributed by atoms with Gasteiger partial charge in [0.2, 0.25) is 5.91 Å². The summed E-state index contributed by atoms with van der Waals surface area (Å²) in [5.41, 5.74) is 1.70. The van der Waals surface area contributed by atoms with Gasteiger partial charge in [-0.1, -0.05) is 50.7 Å². The van der Waals surface area contributed by atoms with Gasteiger partial charge in [-0.25, -0.2) is 0 Å². The molecule has 2 nitrogen and oxygen atoms in total.